The highest BCUT2D eigenvalue weighted by atomic mass is 16.2. The molecule has 1 amide bonds. The molecule has 1 aliphatic heterocycles. The largest absolute Gasteiger partial charge is 0.354 e. The molecule has 0 aliphatic carbocycles. The zero-order chi connectivity index (χ0) is 13.3. The van der Waals surface area contributed by atoms with Crippen molar-refractivity contribution >= 4 is 5.91 Å². The predicted octanol–water partition coefficient (Wildman–Crippen LogP) is -1.94. The van der Waals surface area contributed by atoms with Gasteiger partial charge in [-0.25, -0.2) is 4.79 Å². The monoisotopic (exact) mass is 252 g/mol. The Morgan fingerprint density at radius 3 is 2.72 bits per heavy atom. The van der Waals surface area contributed by atoms with Gasteiger partial charge in [-0.15, -0.1) is 0 Å². The van der Waals surface area contributed by atoms with E-state index in [1.54, 1.807) is 7.05 Å². The molecule has 0 spiro atoms. The van der Waals surface area contributed by atoms with E-state index in [9.17, 15) is 14.4 Å². The van der Waals surface area contributed by atoms with Gasteiger partial charge in [-0.1, -0.05) is 0 Å². The molecule has 0 radical (unpaired) electrons. The van der Waals surface area contributed by atoms with Gasteiger partial charge in [0.05, 0.1) is 0 Å². The minimum atomic E-state index is -0.346. The van der Waals surface area contributed by atoms with E-state index in [0.717, 1.165) is 4.57 Å². The van der Waals surface area contributed by atoms with Crippen LogP contribution in [0.2, 0.25) is 0 Å². The number of nitrogens with one attached hydrogen (secondary N) is 2. The lowest BCUT2D eigenvalue weighted by molar-refractivity contribution is -0.119. The minimum Gasteiger partial charge on any atom is -0.354 e. The van der Waals surface area contributed by atoms with Crippen LogP contribution < -0.4 is 21.9 Å². The summed E-state index contributed by atoms with van der Waals surface area (Å²) in [5, 5.41) is 5.84. The molecule has 2 N–H and O–H groups in total. The smallest absolute Gasteiger partial charge is 0.330 e. The van der Waals surface area contributed by atoms with Crippen molar-refractivity contribution < 1.29 is 4.79 Å². The number of carbonyl (C=O) groups excluding carboxylic acids is 1. The maximum absolute atomic E-state index is 11.8. The quantitative estimate of drug-likeness (QED) is 0.655. The molecule has 1 atom stereocenters. The first kappa shape index (κ1) is 12.6. The molecule has 7 nitrogen and oxygen atoms in total. The van der Waals surface area contributed by atoms with Crippen LogP contribution in [0.15, 0.2) is 15.8 Å². The van der Waals surface area contributed by atoms with Crippen LogP contribution in [-0.4, -0.2) is 27.6 Å². The molecule has 1 aliphatic rings. The van der Waals surface area contributed by atoms with Crippen LogP contribution >= 0.6 is 0 Å². The third-order valence-corrected chi connectivity index (χ3v) is 3.08. The fourth-order valence-corrected chi connectivity index (χ4v) is 2.01. The fourth-order valence-electron chi connectivity index (χ4n) is 2.01. The number of aryl methyl sites for hydroxylation is 1. The molecular weight excluding hydrogens is 236 g/mol. The summed E-state index contributed by atoms with van der Waals surface area (Å²) in [7, 11) is 3.06. The molecule has 0 bridgehead atoms. The standard InChI is InChI=1S/C11H16N4O3/c1-14-6-7(10(17)15(2)11(14)18)4-12-8-3-9(16)13-5-8/h6,8,12H,3-5H2,1-2H3,(H,13,16). The summed E-state index contributed by atoms with van der Waals surface area (Å²) in [4.78, 5) is 34.4. The second-order valence-corrected chi connectivity index (χ2v) is 4.50. The Morgan fingerprint density at radius 1 is 1.39 bits per heavy atom. The van der Waals surface area contributed by atoms with E-state index in [1.807, 2.05) is 0 Å². The Kier molecular flexibility index (Phi) is 3.33. The number of carbonyl (C=O) groups is 1. The highest BCUT2D eigenvalue weighted by molar-refractivity contribution is 5.78. The van der Waals surface area contributed by atoms with Crippen molar-refractivity contribution in [2.45, 2.75) is 19.0 Å². The first-order valence-electron chi connectivity index (χ1n) is 5.74. The number of hydrogen-bond acceptors (Lipinski definition) is 4. The average Bonchev–Trinajstić information content (AvgIpc) is 2.75. The molecule has 2 rings (SSSR count). The summed E-state index contributed by atoms with van der Waals surface area (Å²) in [6.45, 7) is 0.922. The molecule has 7 heteroatoms. The lowest BCUT2D eigenvalue weighted by Gasteiger charge is -2.11. The molecule has 18 heavy (non-hydrogen) atoms. The summed E-state index contributed by atoms with van der Waals surface area (Å²) in [5.41, 5.74) is -0.136. The summed E-state index contributed by atoms with van der Waals surface area (Å²) >= 11 is 0. The predicted molar refractivity (Wildman–Crippen MR) is 65.2 cm³/mol. The summed E-state index contributed by atoms with van der Waals surface area (Å²) in [6, 6.07) is 0.0411. The van der Waals surface area contributed by atoms with Crippen LogP contribution in [0, 0.1) is 0 Å². The number of rotatable bonds is 3. The van der Waals surface area contributed by atoms with Gasteiger partial charge in [0.2, 0.25) is 5.91 Å². The van der Waals surface area contributed by atoms with Gasteiger partial charge in [-0.3, -0.25) is 14.2 Å². The van der Waals surface area contributed by atoms with E-state index in [1.165, 1.54) is 17.8 Å². The van der Waals surface area contributed by atoms with Crippen LogP contribution in [-0.2, 0) is 25.4 Å². The molecule has 0 saturated carbocycles. The first-order chi connectivity index (χ1) is 8.49. The Balaban J connectivity index is 2.13. The van der Waals surface area contributed by atoms with Gasteiger partial charge < -0.3 is 15.2 Å². The molecule has 98 valence electrons. The lowest BCUT2D eigenvalue weighted by atomic mass is 10.2. The van der Waals surface area contributed by atoms with Crippen molar-refractivity contribution in [2.24, 2.45) is 14.1 Å². The molecule has 1 aromatic rings. The summed E-state index contributed by atoms with van der Waals surface area (Å²) in [6.07, 6.45) is 1.95. The van der Waals surface area contributed by atoms with E-state index >= 15 is 0 Å². The Hall–Kier alpha value is -1.89. The third kappa shape index (κ3) is 2.35. The minimum absolute atomic E-state index is 0.0147. The van der Waals surface area contributed by atoms with Crippen LogP contribution in [0.5, 0.6) is 0 Å². The van der Waals surface area contributed by atoms with Gasteiger partial charge in [-0.05, 0) is 0 Å². The van der Waals surface area contributed by atoms with Gasteiger partial charge in [-0.2, -0.15) is 0 Å². The Bertz CT molecular complexity index is 587. The number of aromatic nitrogens is 2. The van der Waals surface area contributed by atoms with Crippen molar-refractivity contribution in [3.05, 3.63) is 32.6 Å². The van der Waals surface area contributed by atoms with Gasteiger partial charge >= 0.3 is 5.69 Å². The lowest BCUT2D eigenvalue weighted by Crippen LogP contribution is -2.40. The maximum atomic E-state index is 11.8. The van der Waals surface area contributed by atoms with Crippen molar-refractivity contribution in [2.75, 3.05) is 6.54 Å². The highest BCUT2D eigenvalue weighted by Crippen LogP contribution is 2.00. The van der Waals surface area contributed by atoms with Crippen LogP contribution in [0.4, 0.5) is 0 Å². The molecule has 2 heterocycles. The average molecular weight is 252 g/mol. The van der Waals surface area contributed by atoms with E-state index < -0.39 is 0 Å². The summed E-state index contributed by atoms with van der Waals surface area (Å²) < 4.78 is 2.45. The van der Waals surface area contributed by atoms with Crippen LogP contribution in [0.1, 0.15) is 12.0 Å². The Morgan fingerprint density at radius 2 is 2.11 bits per heavy atom. The highest BCUT2D eigenvalue weighted by Gasteiger charge is 2.21. The molecule has 1 fully saturated rings. The first-order valence-corrected chi connectivity index (χ1v) is 5.74. The van der Waals surface area contributed by atoms with E-state index in [-0.39, 0.29) is 23.2 Å². The van der Waals surface area contributed by atoms with E-state index in [2.05, 4.69) is 10.6 Å². The van der Waals surface area contributed by atoms with Crippen molar-refractivity contribution in [1.29, 1.82) is 0 Å². The molecule has 1 saturated heterocycles. The van der Waals surface area contributed by atoms with Crippen molar-refractivity contribution in [3.63, 3.8) is 0 Å². The molecule has 0 aromatic carbocycles. The second-order valence-electron chi connectivity index (χ2n) is 4.50. The number of amides is 1. The van der Waals surface area contributed by atoms with Gasteiger partial charge in [0.15, 0.2) is 0 Å². The van der Waals surface area contributed by atoms with Gasteiger partial charge in [0.1, 0.15) is 0 Å². The summed E-state index contributed by atoms with van der Waals surface area (Å²) in [5.74, 6) is 0.0147. The third-order valence-electron chi connectivity index (χ3n) is 3.08. The van der Waals surface area contributed by atoms with E-state index in [4.69, 9.17) is 0 Å². The van der Waals surface area contributed by atoms with Crippen molar-refractivity contribution in [3.8, 4) is 0 Å². The molecule has 1 unspecified atom stereocenters. The van der Waals surface area contributed by atoms with E-state index in [0.29, 0.717) is 25.1 Å². The van der Waals surface area contributed by atoms with Gasteiger partial charge in [0.25, 0.3) is 5.56 Å². The zero-order valence-electron chi connectivity index (χ0n) is 10.4. The zero-order valence-corrected chi connectivity index (χ0v) is 10.4. The van der Waals surface area contributed by atoms with Crippen LogP contribution in [0.3, 0.4) is 0 Å². The van der Waals surface area contributed by atoms with Gasteiger partial charge in [0, 0.05) is 51.4 Å². The number of hydrogen-bond donors (Lipinski definition) is 2. The molecule has 1 aromatic heterocycles. The SMILES string of the molecule is Cn1cc(CNC2CNC(=O)C2)c(=O)n(C)c1=O. The maximum Gasteiger partial charge on any atom is 0.330 e. The van der Waals surface area contributed by atoms with Crippen LogP contribution in [0.25, 0.3) is 0 Å². The second kappa shape index (κ2) is 4.77. The normalized spacial score (nSPS) is 19.0. The topological polar surface area (TPSA) is 85.1 Å². The number of nitrogens with zero attached hydrogens (tertiary/aromatic N) is 2. The van der Waals surface area contributed by atoms with Crippen molar-refractivity contribution in [1.82, 2.24) is 19.8 Å². The fraction of sp³-hybridized carbons (Fsp3) is 0.545. The molecular formula is C11H16N4O3. The Labute approximate surface area is 103 Å².